The van der Waals surface area contributed by atoms with Crippen LogP contribution in [-0.4, -0.2) is 15.5 Å². The summed E-state index contributed by atoms with van der Waals surface area (Å²) in [5.74, 6) is 0.0661. The van der Waals surface area contributed by atoms with Gasteiger partial charge in [-0.2, -0.15) is 13.2 Å². The molecule has 138 valence electrons. The summed E-state index contributed by atoms with van der Waals surface area (Å²) in [5, 5.41) is 1.08. The van der Waals surface area contributed by atoms with Gasteiger partial charge in [-0.3, -0.25) is 4.79 Å². The Bertz CT molecular complexity index is 976. The molecule has 0 N–H and O–H groups in total. The number of benzene rings is 1. The molecule has 0 bridgehead atoms. The first-order valence-electron chi connectivity index (χ1n) is 7.59. The number of ether oxygens (including phenoxy) is 1. The number of rotatable bonds is 4. The minimum atomic E-state index is -4.46. The number of fused-ring (bicyclic) bond motifs is 1. The number of thiophene rings is 1. The molecule has 2 heterocycles. The highest BCUT2D eigenvalue weighted by Crippen LogP contribution is 2.43. The first-order chi connectivity index (χ1) is 12.1. The molecule has 0 spiro atoms. The number of carbonyl (C=O) groups is 1. The van der Waals surface area contributed by atoms with E-state index in [-0.39, 0.29) is 5.75 Å². The number of carbonyl (C=O) groups excluding carboxylic acids is 1. The Morgan fingerprint density at radius 3 is 2.69 bits per heavy atom. The van der Waals surface area contributed by atoms with E-state index in [2.05, 4.69) is 4.98 Å². The molecule has 0 amide bonds. The highest BCUT2D eigenvalue weighted by Gasteiger charge is 2.31. The molecule has 1 aromatic carbocycles. The third-order valence-corrected chi connectivity index (χ3v) is 5.98. The summed E-state index contributed by atoms with van der Waals surface area (Å²) in [6.45, 7) is 3.11. The number of imidazole rings is 1. The van der Waals surface area contributed by atoms with E-state index in [4.69, 9.17) is 4.74 Å². The molecule has 0 atom stereocenters. The molecule has 0 aliphatic carbocycles. The van der Waals surface area contributed by atoms with Crippen molar-refractivity contribution in [1.82, 2.24) is 9.55 Å². The summed E-state index contributed by atoms with van der Waals surface area (Å²) in [5.41, 5.74) is 0.108. The Morgan fingerprint density at radius 1 is 1.38 bits per heavy atom. The molecule has 0 radical (unpaired) electrons. The second-order valence-corrected chi connectivity index (χ2v) is 7.80. The number of alkyl halides is 3. The molecule has 0 aliphatic rings. The van der Waals surface area contributed by atoms with E-state index in [1.807, 2.05) is 24.7 Å². The lowest BCUT2D eigenvalue weighted by Gasteiger charge is -2.07. The fraction of sp³-hybridized carbons (Fsp3) is 0.294. The minimum Gasteiger partial charge on any atom is -0.425 e. The summed E-state index contributed by atoms with van der Waals surface area (Å²) in [7, 11) is 1.87. The Morgan fingerprint density at radius 2 is 2.12 bits per heavy atom. The van der Waals surface area contributed by atoms with E-state index in [1.54, 1.807) is 0 Å². The maximum Gasteiger partial charge on any atom is 0.416 e. The Kier molecular flexibility index (Phi) is 5.03. The number of aryl methyl sites for hydroxylation is 2. The van der Waals surface area contributed by atoms with E-state index in [0.717, 1.165) is 23.0 Å². The third kappa shape index (κ3) is 3.88. The van der Waals surface area contributed by atoms with Gasteiger partial charge in [-0.25, -0.2) is 4.98 Å². The maximum absolute atomic E-state index is 13.0. The van der Waals surface area contributed by atoms with Gasteiger partial charge in [0, 0.05) is 36.0 Å². The Balaban J connectivity index is 2.00. The van der Waals surface area contributed by atoms with Crippen molar-refractivity contribution in [2.75, 3.05) is 0 Å². The molecule has 3 aromatic rings. The van der Waals surface area contributed by atoms with Crippen molar-refractivity contribution >= 4 is 39.2 Å². The van der Waals surface area contributed by atoms with Crippen molar-refractivity contribution in [3.05, 3.63) is 40.5 Å². The fourth-order valence-electron chi connectivity index (χ4n) is 2.51. The van der Waals surface area contributed by atoms with Crippen LogP contribution < -0.4 is 4.74 Å². The molecule has 26 heavy (non-hydrogen) atoms. The first-order valence-corrected chi connectivity index (χ1v) is 9.39. The van der Waals surface area contributed by atoms with Crippen molar-refractivity contribution in [2.45, 2.75) is 30.9 Å². The molecule has 0 unspecified atom stereocenters. The SMILES string of the molecule is CC(=O)Oc1c(CSc2nc(C)cn2C)sc2ccc(C(F)(F)F)cc12. The van der Waals surface area contributed by atoms with E-state index in [1.165, 1.54) is 36.1 Å². The maximum atomic E-state index is 13.0. The standard InChI is InChI=1S/C17H15F3N2O2S2/c1-9-7-22(3)16(21-9)25-8-14-15(24-10(2)23)12-6-11(17(18,19)20)4-5-13(12)26-14/h4-7H,8H2,1-3H3. The summed E-state index contributed by atoms with van der Waals surface area (Å²) in [6.07, 6.45) is -2.57. The second-order valence-electron chi connectivity index (χ2n) is 5.72. The van der Waals surface area contributed by atoms with Gasteiger partial charge in [0.2, 0.25) is 0 Å². The van der Waals surface area contributed by atoms with E-state index in [0.29, 0.717) is 20.7 Å². The van der Waals surface area contributed by atoms with E-state index in [9.17, 15) is 18.0 Å². The third-order valence-electron chi connectivity index (χ3n) is 3.57. The van der Waals surface area contributed by atoms with E-state index >= 15 is 0 Å². The zero-order valence-electron chi connectivity index (χ0n) is 14.2. The van der Waals surface area contributed by atoms with Crippen molar-refractivity contribution in [1.29, 1.82) is 0 Å². The van der Waals surface area contributed by atoms with Crippen LogP contribution in [0.15, 0.2) is 29.6 Å². The number of nitrogens with zero attached hydrogens (tertiary/aromatic N) is 2. The van der Waals surface area contributed by atoms with Crippen molar-refractivity contribution in [2.24, 2.45) is 7.05 Å². The van der Waals surface area contributed by atoms with Gasteiger partial charge in [-0.1, -0.05) is 11.8 Å². The average Bonchev–Trinajstić information content (AvgIpc) is 3.03. The number of aromatic nitrogens is 2. The number of hydrogen-bond acceptors (Lipinski definition) is 5. The van der Waals surface area contributed by atoms with Crippen LogP contribution in [0.4, 0.5) is 13.2 Å². The van der Waals surface area contributed by atoms with Crippen LogP contribution in [0.1, 0.15) is 23.1 Å². The molecule has 0 saturated carbocycles. The van der Waals surface area contributed by atoms with Gasteiger partial charge < -0.3 is 9.30 Å². The lowest BCUT2D eigenvalue weighted by Crippen LogP contribution is -2.05. The van der Waals surface area contributed by atoms with Gasteiger partial charge >= 0.3 is 12.1 Å². The van der Waals surface area contributed by atoms with Gasteiger partial charge in [0.1, 0.15) is 0 Å². The normalized spacial score (nSPS) is 11.9. The average molecular weight is 400 g/mol. The van der Waals surface area contributed by atoms with Gasteiger partial charge in [0.05, 0.1) is 16.1 Å². The molecule has 3 rings (SSSR count). The second kappa shape index (κ2) is 6.96. The predicted molar refractivity (Wildman–Crippen MR) is 95.6 cm³/mol. The zero-order chi connectivity index (χ0) is 19.1. The summed E-state index contributed by atoms with van der Waals surface area (Å²) in [4.78, 5) is 16.5. The Hall–Kier alpha value is -2.00. The number of hydrogen-bond donors (Lipinski definition) is 0. The van der Waals surface area contributed by atoms with Crippen LogP contribution >= 0.6 is 23.1 Å². The number of thioether (sulfide) groups is 1. The lowest BCUT2D eigenvalue weighted by molar-refractivity contribution is -0.137. The first kappa shape index (κ1) is 18.8. The predicted octanol–water partition coefficient (Wildman–Crippen LogP) is 5.18. The van der Waals surface area contributed by atoms with Crippen LogP contribution in [0.2, 0.25) is 0 Å². The topological polar surface area (TPSA) is 44.1 Å². The smallest absolute Gasteiger partial charge is 0.416 e. The quantitative estimate of drug-likeness (QED) is 0.447. The minimum absolute atomic E-state index is 0.196. The van der Waals surface area contributed by atoms with Crippen LogP contribution in [0.5, 0.6) is 5.75 Å². The largest absolute Gasteiger partial charge is 0.425 e. The van der Waals surface area contributed by atoms with Crippen LogP contribution in [0, 0.1) is 6.92 Å². The van der Waals surface area contributed by atoms with E-state index < -0.39 is 17.7 Å². The van der Waals surface area contributed by atoms with Crippen LogP contribution in [0.3, 0.4) is 0 Å². The molecule has 0 saturated heterocycles. The van der Waals surface area contributed by atoms with Crippen LogP contribution in [0.25, 0.3) is 10.1 Å². The fourth-order valence-corrected chi connectivity index (χ4v) is 4.69. The lowest BCUT2D eigenvalue weighted by atomic mass is 10.1. The number of esters is 1. The molecular formula is C17H15F3N2O2S2. The summed E-state index contributed by atoms with van der Waals surface area (Å²) >= 11 is 2.75. The highest BCUT2D eigenvalue weighted by molar-refractivity contribution is 7.98. The van der Waals surface area contributed by atoms with Crippen LogP contribution in [-0.2, 0) is 23.8 Å². The van der Waals surface area contributed by atoms with Crippen molar-refractivity contribution in [3.63, 3.8) is 0 Å². The van der Waals surface area contributed by atoms with Gasteiger partial charge in [-0.15, -0.1) is 11.3 Å². The molecule has 9 heteroatoms. The van der Waals surface area contributed by atoms with Gasteiger partial charge in [0.15, 0.2) is 10.9 Å². The van der Waals surface area contributed by atoms with Crippen molar-refractivity contribution < 1.29 is 22.7 Å². The molecule has 2 aromatic heterocycles. The molecule has 0 aliphatic heterocycles. The Labute approximate surface area is 156 Å². The zero-order valence-corrected chi connectivity index (χ0v) is 15.8. The molecular weight excluding hydrogens is 385 g/mol. The molecule has 4 nitrogen and oxygen atoms in total. The monoisotopic (exact) mass is 400 g/mol. The van der Waals surface area contributed by atoms with Gasteiger partial charge in [0.25, 0.3) is 0 Å². The highest BCUT2D eigenvalue weighted by atomic mass is 32.2. The number of halogens is 3. The summed E-state index contributed by atoms with van der Waals surface area (Å²) in [6, 6.07) is 3.48. The van der Waals surface area contributed by atoms with Crippen molar-refractivity contribution in [3.8, 4) is 5.75 Å². The summed E-state index contributed by atoms with van der Waals surface area (Å²) < 4.78 is 46.8. The van der Waals surface area contributed by atoms with Gasteiger partial charge in [-0.05, 0) is 25.1 Å². The molecule has 0 fully saturated rings.